The van der Waals surface area contributed by atoms with E-state index in [1.807, 2.05) is 26.2 Å². The van der Waals surface area contributed by atoms with Crippen molar-refractivity contribution in [3.05, 3.63) is 34.3 Å². The number of carbonyl (C=O) groups is 2. The fourth-order valence-electron chi connectivity index (χ4n) is 2.98. The summed E-state index contributed by atoms with van der Waals surface area (Å²) in [5.41, 5.74) is 1.77. The lowest BCUT2D eigenvalue weighted by Crippen LogP contribution is -2.44. The first-order chi connectivity index (χ1) is 13.9. The van der Waals surface area contributed by atoms with Crippen molar-refractivity contribution in [1.29, 1.82) is 0 Å². The van der Waals surface area contributed by atoms with Gasteiger partial charge in [-0.3, -0.25) is 4.79 Å². The number of amides is 3. The number of ether oxygens (including phenoxy) is 1. The zero-order valence-corrected chi connectivity index (χ0v) is 19.3. The number of benzene rings is 1. The lowest BCUT2D eigenvalue weighted by atomic mass is 9.93. The Hall–Kier alpha value is -2.61. The summed E-state index contributed by atoms with van der Waals surface area (Å²) in [6, 6.07) is 5.00. The number of fused-ring (bicyclic) bond motifs is 1. The van der Waals surface area contributed by atoms with Crippen LogP contribution in [0, 0.1) is 5.41 Å². The summed E-state index contributed by atoms with van der Waals surface area (Å²) in [6.07, 6.45) is 0. The molecule has 0 unspecified atom stereocenters. The van der Waals surface area contributed by atoms with Crippen LogP contribution in [0.3, 0.4) is 0 Å². The maximum atomic E-state index is 12.8. The summed E-state index contributed by atoms with van der Waals surface area (Å²) in [7, 11) is 0. The van der Waals surface area contributed by atoms with Crippen molar-refractivity contribution in [2.24, 2.45) is 5.41 Å². The number of rotatable bonds is 3. The third-order valence-electron chi connectivity index (χ3n) is 4.69. The molecule has 3 rings (SSSR count). The van der Waals surface area contributed by atoms with E-state index < -0.39 is 5.41 Å². The van der Waals surface area contributed by atoms with E-state index in [9.17, 15) is 9.59 Å². The first-order valence-electron chi connectivity index (χ1n) is 10.0. The summed E-state index contributed by atoms with van der Waals surface area (Å²) < 4.78 is 5.68. The zero-order valence-electron chi connectivity index (χ0n) is 18.5. The van der Waals surface area contributed by atoms with Gasteiger partial charge in [-0.15, -0.1) is 11.3 Å². The molecule has 0 saturated carbocycles. The molecule has 162 valence electrons. The van der Waals surface area contributed by atoms with E-state index in [-0.39, 0.29) is 17.4 Å². The van der Waals surface area contributed by atoms with E-state index in [1.165, 1.54) is 11.3 Å². The van der Waals surface area contributed by atoms with Gasteiger partial charge < -0.3 is 20.3 Å². The molecule has 0 bridgehead atoms. The predicted octanol–water partition coefficient (Wildman–Crippen LogP) is 4.53. The highest BCUT2D eigenvalue weighted by atomic mass is 32.1. The van der Waals surface area contributed by atoms with E-state index in [2.05, 4.69) is 36.4 Å². The van der Waals surface area contributed by atoms with Gasteiger partial charge in [0.15, 0.2) is 0 Å². The van der Waals surface area contributed by atoms with Crippen molar-refractivity contribution in [2.45, 2.75) is 53.5 Å². The van der Waals surface area contributed by atoms with E-state index in [4.69, 9.17) is 4.74 Å². The van der Waals surface area contributed by atoms with Gasteiger partial charge in [-0.2, -0.15) is 0 Å². The smallest absolute Gasteiger partial charge is 0.319 e. The molecular weight excluding hydrogens is 400 g/mol. The Morgan fingerprint density at radius 3 is 2.57 bits per heavy atom. The number of aromatic nitrogens is 1. The minimum Gasteiger partial charge on any atom is -0.490 e. The standard InChI is InChI=1S/C22H30N4O3S/c1-21(2,3)17-13-30-18(25-17)12-23-20(28)24-14-7-8-16-15(11-14)26(9-10-29-16)19(27)22(4,5)6/h7-8,11,13H,9-10,12H2,1-6H3,(H2,23,24,28). The Bertz CT molecular complexity index is 941. The van der Waals surface area contributed by atoms with Crippen molar-refractivity contribution < 1.29 is 14.3 Å². The molecule has 8 heteroatoms. The monoisotopic (exact) mass is 430 g/mol. The average molecular weight is 431 g/mol. The first kappa shape index (κ1) is 22.1. The van der Waals surface area contributed by atoms with Crippen molar-refractivity contribution in [3.8, 4) is 5.75 Å². The molecule has 3 amide bonds. The number of carbonyl (C=O) groups excluding carboxylic acids is 2. The Labute approximate surface area is 181 Å². The quantitative estimate of drug-likeness (QED) is 0.749. The van der Waals surface area contributed by atoms with Crippen LogP contribution in [0.4, 0.5) is 16.2 Å². The Balaban J connectivity index is 1.66. The number of nitrogens with zero attached hydrogens (tertiary/aromatic N) is 2. The lowest BCUT2D eigenvalue weighted by molar-refractivity contribution is -0.126. The third kappa shape index (κ3) is 5.11. The van der Waals surface area contributed by atoms with Crippen molar-refractivity contribution in [1.82, 2.24) is 10.3 Å². The number of hydrogen-bond donors (Lipinski definition) is 2. The number of urea groups is 1. The minimum absolute atomic E-state index is 0.0153. The second kappa shape index (κ2) is 8.26. The topological polar surface area (TPSA) is 83.6 Å². The van der Waals surface area contributed by atoms with Gasteiger partial charge in [-0.05, 0) is 18.2 Å². The molecule has 0 spiro atoms. The van der Waals surface area contributed by atoms with Crippen LogP contribution in [-0.2, 0) is 16.8 Å². The summed E-state index contributed by atoms with van der Waals surface area (Å²) in [5, 5.41) is 8.55. The molecule has 2 aromatic rings. The molecule has 1 aliphatic rings. The van der Waals surface area contributed by atoms with E-state index in [0.717, 1.165) is 10.7 Å². The van der Waals surface area contributed by atoms with Gasteiger partial charge in [0, 0.05) is 21.9 Å². The third-order valence-corrected chi connectivity index (χ3v) is 5.54. The molecule has 0 saturated heterocycles. The molecule has 1 aliphatic heterocycles. The molecule has 1 aromatic heterocycles. The molecule has 0 aliphatic carbocycles. The van der Waals surface area contributed by atoms with Gasteiger partial charge in [0.2, 0.25) is 5.91 Å². The molecule has 7 nitrogen and oxygen atoms in total. The van der Waals surface area contributed by atoms with Crippen LogP contribution in [0.1, 0.15) is 52.2 Å². The van der Waals surface area contributed by atoms with Gasteiger partial charge in [-0.25, -0.2) is 9.78 Å². The molecule has 30 heavy (non-hydrogen) atoms. The number of thiazole rings is 1. The Morgan fingerprint density at radius 1 is 1.20 bits per heavy atom. The second-order valence-electron chi connectivity index (χ2n) is 9.42. The van der Waals surface area contributed by atoms with Crippen LogP contribution in [0.2, 0.25) is 0 Å². The van der Waals surface area contributed by atoms with Gasteiger partial charge >= 0.3 is 6.03 Å². The van der Waals surface area contributed by atoms with E-state index >= 15 is 0 Å². The van der Waals surface area contributed by atoms with Crippen LogP contribution in [0.5, 0.6) is 5.75 Å². The number of anilines is 2. The summed E-state index contributed by atoms with van der Waals surface area (Å²) in [5.74, 6) is 0.661. The maximum Gasteiger partial charge on any atom is 0.319 e. The van der Waals surface area contributed by atoms with E-state index in [0.29, 0.717) is 36.8 Å². The number of nitrogens with one attached hydrogen (secondary N) is 2. The fourth-order valence-corrected chi connectivity index (χ4v) is 3.94. The molecule has 2 heterocycles. The lowest BCUT2D eigenvalue weighted by Gasteiger charge is -2.34. The van der Waals surface area contributed by atoms with Gasteiger partial charge in [0.1, 0.15) is 17.4 Å². The fraction of sp³-hybridized carbons (Fsp3) is 0.500. The molecule has 2 N–H and O–H groups in total. The van der Waals surface area contributed by atoms with Crippen molar-refractivity contribution in [3.63, 3.8) is 0 Å². The molecule has 0 radical (unpaired) electrons. The highest BCUT2D eigenvalue weighted by Gasteiger charge is 2.32. The Morgan fingerprint density at radius 2 is 1.93 bits per heavy atom. The molecule has 1 aromatic carbocycles. The summed E-state index contributed by atoms with van der Waals surface area (Å²) >= 11 is 1.53. The van der Waals surface area contributed by atoms with Crippen molar-refractivity contribution in [2.75, 3.05) is 23.4 Å². The average Bonchev–Trinajstić information content (AvgIpc) is 3.14. The number of hydrogen-bond acceptors (Lipinski definition) is 5. The van der Waals surface area contributed by atoms with Crippen LogP contribution >= 0.6 is 11.3 Å². The maximum absolute atomic E-state index is 12.8. The molecular formula is C22H30N4O3S. The molecule has 0 fully saturated rings. The SMILES string of the molecule is CC(C)(C)C(=O)N1CCOc2ccc(NC(=O)NCc3nc(C(C)(C)C)cs3)cc21. The van der Waals surface area contributed by atoms with Gasteiger partial charge in [-0.1, -0.05) is 41.5 Å². The van der Waals surface area contributed by atoms with Crippen molar-refractivity contribution >= 4 is 34.6 Å². The first-order valence-corrected chi connectivity index (χ1v) is 10.9. The van der Waals surface area contributed by atoms with Crippen LogP contribution in [0.15, 0.2) is 23.6 Å². The summed E-state index contributed by atoms with van der Waals surface area (Å²) in [4.78, 5) is 31.5. The highest BCUT2D eigenvalue weighted by Crippen LogP contribution is 2.36. The molecule has 0 atom stereocenters. The van der Waals surface area contributed by atoms with Crippen LogP contribution in [0.25, 0.3) is 0 Å². The van der Waals surface area contributed by atoms with Gasteiger partial charge in [0.25, 0.3) is 0 Å². The van der Waals surface area contributed by atoms with E-state index in [1.54, 1.807) is 23.1 Å². The largest absolute Gasteiger partial charge is 0.490 e. The Kier molecular flexibility index (Phi) is 6.08. The normalized spacial score (nSPS) is 14.0. The predicted molar refractivity (Wildman–Crippen MR) is 120 cm³/mol. The van der Waals surface area contributed by atoms with Crippen LogP contribution < -0.4 is 20.3 Å². The summed E-state index contributed by atoms with van der Waals surface area (Å²) in [6.45, 7) is 13.3. The van der Waals surface area contributed by atoms with Crippen LogP contribution in [-0.4, -0.2) is 30.1 Å². The zero-order chi connectivity index (χ0) is 22.1. The van der Waals surface area contributed by atoms with Gasteiger partial charge in [0.05, 0.1) is 24.5 Å². The highest BCUT2D eigenvalue weighted by molar-refractivity contribution is 7.09. The second-order valence-corrected chi connectivity index (χ2v) is 10.4. The minimum atomic E-state index is -0.505.